The lowest BCUT2D eigenvalue weighted by atomic mass is 10.1. The fraction of sp³-hybridized carbons (Fsp3) is 0.455. The van der Waals surface area contributed by atoms with Crippen LogP contribution in [0.4, 0.5) is 5.69 Å². The van der Waals surface area contributed by atoms with Gasteiger partial charge in [0.05, 0.1) is 35.4 Å². The number of rotatable bonds is 4. The highest BCUT2D eigenvalue weighted by atomic mass is 16.5. The second-order valence-electron chi connectivity index (χ2n) is 8.07. The van der Waals surface area contributed by atoms with Gasteiger partial charge >= 0.3 is 0 Å². The first kappa shape index (κ1) is 19.7. The number of nitrogens with one attached hydrogen (secondary N) is 1. The molecule has 1 N–H and O–H groups in total. The number of H-pyrrole nitrogens is 1. The number of aryl methyl sites for hydroxylation is 2. The van der Waals surface area contributed by atoms with Crippen LogP contribution in [-0.2, 0) is 4.74 Å². The van der Waals surface area contributed by atoms with Crippen molar-refractivity contribution >= 4 is 22.5 Å². The van der Waals surface area contributed by atoms with Gasteiger partial charge in [0.2, 0.25) is 5.88 Å². The predicted molar refractivity (Wildman–Crippen MR) is 116 cm³/mol. The number of nitrogens with zero attached hydrogens (tertiary/aromatic N) is 5. The molecule has 5 rings (SSSR count). The van der Waals surface area contributed by atoms with Crippen LogP contribution in [-0.4, -0.2) is 76.5 Å². The summed E-state index contributed by atoms with van der Waals surface area (Å²) in [5, 5.41) is 7.95. The summed E-state index contributed by atoms with van der Waals surface area (Å²) in [5.74, 6) is 0.645. The van der Waals surface area contributed by atoms with Gasteiger partial charge in [0.15, 0.2) is 0 Å². The Morgan fingerprint density at radius 3 is 2.74 bits per heavy atom. The van der Waals surface area contributed by atoms with Crippen molar-refractivity contribution in [1.29, 1.82) is 0 Å². The minimum Gasteiger partial charge on any atom is -0.471 e. The zero-order chi connectivity index (χ0) is 21.4. The van der Waals surface area contributed by atoms with E-state index in [0.29, 0.717) is 31.1 Å². The molecule has 9 nitrogen and oxygen atoms in total. The smallest absolute Gasteiger partial charge is 0.257 e. The summed E-state index contributed by atoms with van der Waals surface area (Å²) in [7, 11) is 0. The van der Waals surface area contributed by atoms with Crippen LogP contribution in [0.25, 0.3) is 10.9 Å². The Kier molecular flexibility index (Phi) is 5.19. The number of anilines is 1. The van der Waals surface area contributed by atoms with Crippen molar-refractivity contribution in [3.8, 4) is 5.88 Å². The van der Waals surface area contributed by atoms with Crippen molar-refractivity contribution in [1.82, 2.24) is 25.1 Å². The Hall–Kier alpha value is -3.20. The summed E-state index contributed by atoms with van der Waals surface area (Å²) in [4.78, 5) is 25.9. The number of carbonyl (C=O) groups is 1. The second kappa shape index (κ2) is 8.14. The molecule has 2 aliphatic heterocycles. The molecule has 1 unspecified atom stereocenters. The van der Waals surface area contributed by atoms with E-state index < -0.39 is 0 Å². The molecule has 0 radical (unpaired) electrons. The van der Waals surface area contributed by atoms with Crippen molar-refractivity contribution in [2.45, 2.75) is 26.4 Å². The van der Waals surface area contributed by atoms with Crippen molar-refractivity contribution in [3.63, 3.8) is 0 Å². The van der Waals surface area contributed by atoms with Gasteiger partial charge in [0.25, 0.3) is 5.91 Å². The third-order valence-electron chi connectivity index (χ3n) is 6.02. The van der Waals surface area contributed by atoms with Crippen LogP contribution in [0.5, 0.6) is 5.88 Å². The van der Waals surface area contributed by atoms with Crippen LogP contribution in [0.2, 0.25) is 0 Å². The fourth-order valence-electron chi connectivity index (χ4n) is 4.27. The van der Waals surface area contributed by atoms with Gasteiger partial charge in [0, 0.05) is 44.0 Å². The van der Waals surface area contributed by atoms with Crippen molar-refractivity contribution in [2.24, 2.45) is 0 Å². The standard InChI is InChI=1S/C22H26N6O3/c1-14-20(15(2)26-25-14)22(29)28-8-6-27(7-9-28)16-3-4-19-18(11-16)21(24-13-23-19)31-17-5-10-30-12-17/h3-4,11,13,17H,5-10,12H2,1-2H3,(H,25,26). The van der Waals surface area contributed by atoms with Gasteiger partial charge in [-0.3, -0.25) is 9.89 Å². The molecule has 2 saturated heterocycles. The molecule has 1 aromatic carbocycles. The topological polar surface area (TPSA) is 96.5 Å². The molecule has 0 spiro atoms. The first-order chi connectivity index (χ1) is 15.1. The quantitative estimate of drug-likeness (QED) is 0.688. The van der Waals surface area contributed by atoms with E-state index in [-0.39, 0.29) is 12.0 Å². The Balaban J connectivity index is 1.32. The van der Waals surface area contributed by atoms with Gasteiger partial charge in [-0.1, -0.05) is 0 Å². The number of amides is 1. The van der Waals surface area contributed by atoms with Crippen LogP contribution >= 0.6 is 0 Å². The number of carbonyl (C=O) groups excluding carboxylic acids is 1. The summed E-state index contributed by atoms with van der Waals surface area (Å²) in [5.41, 5.74) is 4.19. The zero-order valence-electron chi connectivity index (χ0n) is 17.8. The largest absolute Gasteiger partial charge is 0.471 e. The highest BCUT2D eigenvalue weighted by molar-refractivity contribution is 5.96. The van der Waals surface area contributed by atoms with Crippen molar-refractivity contribution in [2.75, 3.05) is 44.3 Å². The molecule has 3 aromatic rings. The molecular formula is C22H26N6O3. The summed E-state index contributed by atoms with van der Waals surface area (Å²) in [6.45, 7) is 7.90. The molecule has 2 aliphatic rings. The number of aromatic nitrogens is 4. The number of piperazine rings is 1. The summed E-state index contributed by atoms with van der Waals surface area (Å²) in [6.07, 6.45) is 2.44. The number of hydrogen-bond acceptors (Lipinski definition) is 7. The Morgan fingerprint density at radius 2 is 2.03 bits per heavy atom. The minimum atomic E-state index is 0.0335. The summed E-state index contributed by atoms with van der Waals surface area (Å²) in [6, 6.07) is 6.15. The van der Waals surface area contributed by atoms with E-state index >= 15 is 0 Å². The van der Waals surface area contributed by atoms with Gasteiger partial charge in [-0.2, -0.15) is 5.10 Å². The third-order valence-corrected chi connectivity index (χ3v) is 6.02. The number of aromatic amines is 1. The molecule has 1 atom stereocenters. The monoisotopic (exact) mass is 422 g/mol. The fourth-order valence-corrected chi connectivity index (χ4v) is 4.27. The van der Waals surface area contributed by atoms with E-state index in [2.05, 4.69) is 37.2 Å². The van der Waals surface area contributed by atoms with E-state index in [0.717, 1.165) is 54.1 Å². The molecular weight excluding hydrogens is 396 g/mol. The van der Waals surface area contributed by atoms with E-state index in [1.807, 2.05) is 24.8 Å². The van der Waals surface area contributed by atoms with E-state index in [1.165, 1.54) is 6.33 Å². The number of hydrogen-bond donors (Lipinski definition) is 1. The molecule has 31 heavy (non-hydrogen) atoms. The number of fused-ring (bicyclic) bond motifs is 1. The maximum atomic E-state index is 12.9. The van der Waals surface area contributed by atoms with Crippen LogP contribution in [0.3, 0.4) is 0 Å². The normalized spacial score (nSPS) is 19.2. The predicted octanol–water partition coefficient (Wildman–Crippen LogP) is 2.10. The molecule has 4 heterocycles. The highest BCUT2D eigenvalue weighted by Gasteiger charge is 2.26. The minimum absolute atomic E-state index is 0.0335. The maximum Gasteiger partial charge on any atom is 0.257 e. The van der Waals surface area contributed by atoms with Gasteiger partial charge in [0.1, 0.15) is 12.4 Å². The Bertz CT molecular complexity index is 1080. The molecule has 1 amide bonds. The van der Waals surface area contributed by atoms with Crippen LogP contribution in [0, 0.1) is 13.8 Å². The summed E-state index contributed by atoms with van der Waals surface area (Å²) < 4.78 is 11.5. The first-order valence-corrected chi connectivity index (χ1v) is 10.6. The van der Waals surface area contributed by atoms with E-state index in [1.54, 1.807) is 0 Å². The maximum absolute atomic E-state index is 12.9. The van der Waals surface area contributed by atoms with E-state index in [9.17, 15) is 4.79 Å². The average molecular weight is 422 g/mol. The first-order valence-electron chi connectivity index (χ1n) is 10.6. The lowest BCUT2D eigenvalue weighted by Gasteiger charge is -2.36. The zero-order valence-corrected chi connectivity index (χ0v) is 17.8. The van der Waals surface area contributed by atoms with Crippen LogP contribution in [0.15, 0.2) is 24.5 Å². The number of ether oxygens (including phenoxy) is 2. The molecule has 9 heteroatoms. The second-order valence-corrected chi connectivity index (χ2v) is 8.07. The van der Waals surface area contributed by atoms with Gasteiger partial charge < -0.3 is 19.3 Å². The van der Waals surface area contributed by atoms with Gasteiger partial charge in [-0.25, -0.2) is 9.97 Å². The average Bonchev–Trinajstić information content (AvgIpc) is 3.43. The highest BCUT2D eigenvalue weighted by Crippen LogP contribution is 2.29. The molecule has 162 valence electrons. The van der Waals surface area contributed by atoms with Crippen LogP contribution in [0.1, 0.15) is 28.2 Å². The molecule has 0 aliphatic carbocycles. The molecule has 2 fully saturated rings. The number of benzene rings is 1. The van der Waals surface area contributed by atoms with Crippen molar-refractivity contribution < 1.29 is 14.3 Å². The van der Waals surface area contributed by atoms with Crippen LogP contribution < -0.4 is 9.64 Å². The third kappa shape index (κ3) is 3.81. The lowest BCUT2D eigenvalue weighted by molar-refractivity contribution is 0.0745. The Morgan fingerprint density at radius 1 is 1.19 bits per heavy atom. The lowest BCUT2D eigenvalue weighted by Crippen LogP contribution is -2.49. The summed E-state index contributed by atoms with van der Waals surface area (Å²) >= 11 is 0. The SMILES string of the molecule is Cc1n[nH]c(C)c1C(=O)N1CCN(c2ccc3ncnc(OC4CCOC4)c3c2)CC1. The molecule has 0 bridgehead atoms. The van der Waals surface area contributed by atoms with Gasteiger partial charge in [-0.15, -0.1) is 0 Å². The van der Waals surface area contributed by atoms with E-state index in [4.69, 9.17) is 9.47 Å². The Labute approximate surface area is 180 Å². The molecule has 2 aromatic heterocycles. The van der Waals surface area contributed by atoms with Gasteiger partial charge in [-0.05, 0) is 32.0 Å². The van der Waals surface area contributed by atoms with Crippen molar-refractivity contribution in [3.05, 3.63) is 41.5 Å². The molecule has 0 saturated carbocycles.